The molecule has 1 amide bonds. The van der Waals surface area contributed by atoms with E-state index in [2.05, 4.69) is 0 Å². The van der Waals surface area contributed by atoms with Gasteiger partial charge in [0.05, 0.1) is 9.77 Å². The molecular weight excluding hydrogens is 350 g/mol. The third-order valence-corrected chi connectivity index (χ3v) is 5.72. The van der Waals surface area contributed by atoms with E-state index in [-0.39, 0.29) is 16.2 Å². The molecule has 2 aromatic rings. The first-order valence-corrected chi connectivity index (χ1v) is 9.79. The molecule has 0 bridgehead atoms. The van der Waals surface area contributed by atoms with Gasteiger partial charge in [0.1, 0.15) is 6.04 Å². The van der Waals surface area contributed by atoms with Crippen LogP contribution in [-0.2, 0) is 21.1 Å². The summed E-state index contributed by atoms with van der Waals surface area (Å²) in [6.45, 7) is 0. The van der Waals surface area contributed by atoms with Gasteiger partial charge in [0.2, 0.25) is 0 Å². The highest BCUT2D eigenvalue weighted by Gasteiger charge is 2.28. The number of thiophene rings is 1. The number of carboxylic acid groups (broad SMARTS) is 1. The van der Waals surface area contributed by atoms with Gasteiger partial charge in [0.15, 0.2) is 9.84 Å². The Labute approximate surface area is 144 Å². The number of hydrogen-bond acceptors (Lipinski definition) is 5. The fourth-order valence-corrected chi connectivity index (χ4v) is 4.17. The monoisotopic (exact) mass is 367 g/mol. The van der Waals surface area contributed by atoms with Crippen LogP contribution in [0.15, 0.2) is 46.7 Å². The average Bonchev–Trinajstić information content (AvgIpc) is 3.02. The van der Waals surface area contributed by atoms with Crippen molar-refractivity contribution in [2.75, 3.05) is 13.3 Å². The standard InChI is InChI=1S/C16H17NO5S2/c1-17(13(16(19)20)8-11-6-4-3-5-7-11)15(18)14-9-12(10-23-14)24(2,21)22/h3-7,9-10,13H,8H2,1-2H3,(H,19,20). The third kappa shape index (κ3) is 4.21. The smallest absolute Gasteiger partial charge is 0.326 e. The Morgan fingerprint density at radius 1 is 1.25 bits per heavy atom. The number of aliphatic carboxylic acids is 1. The predicted molar refractivity (Wildman–Crippen MR) is 91.1 cm³/mol. The second-order valence-corrected chi connectivity index (χ2v) is 8.31. The molecule has 128 valence electrons. The number of rotatable bonds is 6. The normalized spacial score (nSPS) is 12.6. The predicted octanol–water partition coefficient (Wildman–Crippen LogP) is 1.92. The highest BCUT2D eigenvalue weighted by molar-refractivity contribution is 7.90. The van der Waals surface area contributed by atoms with E-state index < -0.39 is 27.8 Å². The van der Waals surface area contributed by atoms with E-state index in [9.17, 15) is 23.1 Å². The highest BCUT2D eigenvalue weighted by atomic mass is 32.2. The van der Waals surface area contributed by atoms with Gasteiger partial charge in [-0.1, -0.05) is 30.3 Å². The summed E-state index contributed by atoms with van der Waals surface area (Å²) < 4.78 is 23.0. The van der Waals surface area contributed by atoms with Crippen LogP contribution in [0.25, 0.3) is 0 Å². The van der Waals surface area contributed by atoms with Crippen LogP contribution in [0, 0.1) is 0 Å². The van der Waals surface area contributed by atoms with E-state index in [1.165, 1.54) is 18.5 Å². The molecule has 8 heteroatoms. The van der Waals surface area contributed by atoms with E-state index in [1.54, 1.807) is 24.3 Å². The molecule has 0 aliphatic heterocycles. The summed E-state index contributed by atoms with van der Waals surface area (Å²) in [5.74, 6) is -1.63. The summed E-state index contributed by atoms with van der Waals surface area (Å²) in [7, 11) is -2.00. The van der Waals surface area contributed by atoms with Crippen molar-refractivity contribution in [3.05, 3.63) is 52.2 Å². The van der Waals surface area contributed by atoms with Crippen LogP contribution >= 0.6 is 11.3 Å². The van der Waals surface area contributed by atoms with E-state index in [0.717, 1.165) is 28.1 Å². The molecule has 0 aliphatic carbocycles. The first-order valence-electron chi connectivity index (χ1n) is 7.02. The Balaban J connectivity index is 2.23. The number of likely N-dealkylation sites (N-methyl/N-ethyl adjacent to an activating group) is 1. The molecule has 0 fully saturated rings. The van der Waals surface area contributed by atoms with E-state index >= 15 is 0 Å². The maximum absolute atomic E-state index is 12.5. The van der Waals surface area contributed by atoms with Gasteiger partial charge < -0.3 is 10.0 Å². The van der Waals surface area contributed by atoms with Gasteiger partial charge in [-0.15, -0.1) is 11.3 Å². The van der Waals surface area contributed by atoms with Crippen LogP contribution < -0.4 is 0 Å². The highest BCUT2D eigenvalue weighted by Crippen LogP contribution is 2.22. The average molecular weight is 367 g/mol. The summed E-state index contributed by atoms with van der Waals surface area (Å²) in [6.07, 6.45) is 1.23. The van der Waals surface area contributed by atoms with E-state index in [1.807, 2.05) is 6.07 Å². The summed E-state index contributed by atoms with van der Waals surface area (Å²) >= 11 is 0.985. The number of sulfone groups is 1. The van der Waals surface area contributed by atoms with Crippen molar-refractivity contribution in [2.24, 2.45) is 0 Å². The van der Waals surface area contributed by atoms with Crippen molar-refractivity contribution >= 4 is 33.1 Å². The quantitative estimate of drug-likeness (QED) is 0.842. The molecule has 0 saturated heterocycles. The second-order valence-electron chi connectivity index (χ2n) is 5.38. The van der Waals surface area contributed by atoms with Crippen LogP contribution in [0.3, 0.4) is 0 Å². The lowest BCUT2D eigenvalue weighted by Gasteiger charge is -2.24. The van der Waals surface area contributed by atoms with Gasteiger partial charge in [0, 0.05) is 25.1 Å². The van der Waals surface area contributed by atoms with Crippen molar-refractivity contribution in [3.63, 3.8) is 0 Å². The Morgan fingerprint density at radius 3 is 2.38 bits per heavy atom. The van der Waals surface area contributed by atoms with Gasteiger partial charge in [-0.05, 0) is 11.6 Å². The molecule has 0 spiro atoms. The first-order chi connectivity index (χ1) is 11.2. The largest absolute Gasteiger partial charge is 0.480 e. The van der Waals surface area contributed by atoms with Crippen molar-refractivity contribution in [1.29, 1.82) is 0 Å². The summed E-state index contributed by atoms with van der Waals surface area (Å²) in [4.78, 5) is 25.4. The SMILES string of the molecule is CN(C(=O)c1cc(S(C)(=O)=O)cs1)C(Cc1ccccc1)C(=O)O. The topological polar surface area (TPSA) is 91.8 Å². The summed E-state index contributed by atoms with van der Waals surface area (Å²) in [5.41, 5.74) is 0.799. The van der Waals surface area contributed by atoms with Crippen molar-refractivity contribution in [1.82, 2.24) is 4.90 Å². The lowest BCUT2D eigenvalue weighted by Crippen LogP contribution is -2.43. The third-order valence-electron chi connectivity index (χ3n) is 3.56. The number of hydrogen-bond donors (Lipinski definition) is 1. The lowest BCUT2D eigenvalue weighted by atomic mass is 10.0. The minimum Gasteiger partial charge on any atom is -0.480 e. The van der Waals surface area contributed by atoms with Crippen LogP contribution in [0.2, 0.25) is 0 Å². The summed E-state index contributed by atoms with van der Waals surface area (Å²) in [6, 6.07) is 9.25. The Hall–Kier alpha value is -2.19. The van der Waals surface area contributed by atoms with Gasteiger partial charge in [0.25, 0.3) is 5.91 Å². The maximum atomic E-state index is 12.5. The van der Waals surface area contributed by atoms with Gasteiger partial charge in [-0.25, -0.2) is 13.2 Å². The summed E-state index contributed by atoms with van der Waals surface area (Å²) in [5, 5.41) is 10.8. The zero-order valence-corrected chi connectivity index (χ0v) is 14.8. The molecule has 1 N–H and O–H groups in total. The van der Waals surface area contributed by atoms with Crippen LogP contribution in [0.1, 0.15) is 15.2 Å². The van der Waals surface area contributed by atoms with E-state index in [0.29, 0.717) is 0 Å². The number of nitrogens with zero attached hydrogens (tertiary/aromatic N) is 1. The molecule has 1 unspecified atom stereocenters. The molecule has 6 nitrogen and oxygen atoms in total. The van der Waals surface area contributed by atoms with E-state index in [4.69, 9.17) is 0 Å². The number of carbonyl (C=O) groups excluding carboxylic acids is 1. The molecule has 0 saturated carbocycles. The molecular formula is C16H17NO5S2. The number of carboxylic acids is 1. The molecule has 1 aromatic carbocycles. The Bertz CT molecular complexity index is 842. The van der Waals surface area contributed by atoms with Crippen molar-refractivity contribution < 1.29 is 23.1 Å². The minimum absolute atomic E-state index is 0.0548. The van der Waals surface area contributed by atoms with Gasteiger partial charge >= 0.3 is 5.97 Å². The second kappa shape index (κ2) is 7.14. The maximum Gasteiger partial charge on any atom is 0.326 e. The molecule has 1 atom stereocenters. The zero-order chi connectivity index (χ0) is 17.9. The molecule has 0 aliphatic rings. The van der Waals surface area contributed by atoms with Crippen LogP contribution in [0.4, 0.5) is 0 Å². The zero-order valence-electron chi connectivity index (χ0n) is 13.2. The van der Waals surface area contributed by atoms with Crippen LogP contribution in [0.5, 0.6) is 0 Å². The Morgan fingerprint density at radius 2 is 1.88 bits per heavy atom. The molecule has 2 rings (SSSR count). The minimum atomic E-state index is -3.40. The van der Waals surface area contributed by atoms with Crippen molar-refractivity contribution in [2.45, 2.75) is 17.4 Å². The number of carbonyl (C=O) groups is 2. The first kappa shape index (κ1) is 18.2. The number of benzene rings is 1. The molecule has 1 heterocycles. The van der Waals surface area contributed by atoms with Crippen LogP contribution in [-0.4, -0.2) is 49.6 Å². The fraction of sp³-hybridized carbons (Fsp3) is 0.250. The molecule has 24 heavy (non-hydrogen) atoms. The Kier molecular flexibility index (Phi) is 5.40. The van der Waals surface area contributed by atoms with Gasteiger partial charge in [-0.3, -0.25) is 4.79 Å². The molecule has 1 aromatic heterocycles. The van der Waals surface area contributed by atoms with Crippen molar-refractivity contribution in [3.8, 4) is 0 Å². The van der Waals surface area contributed by atoms with Gasteiger partial charge in [-0.2, -0.15) is 0 Å². The lowest BCUT2D eigenvalue weighted by molar-refractivity contribution is -0.141. The number of amides is 1. The fourth-order valence-electron chi connectivity index (χ4n) is 2.17. The molecule has 0 radical (unpaired) electrons.